The van der Waals surface area contributed by atoms with Gasteiger partial charge in [0.05, 0.1) is 23.0 Å². The summed E-state index contributed by atoms with van der Waals surface area (Å²) in [7, 11) is 0. The molecular formula is C53H31N3. The van der Waals surface area contributed by atoms with E-state index in [0.717, 1.165) is 71.9 Å². The monoisotopic (exact) mass is 709 g/mol. The van der Waals surface area contributed by atoms with Gasteiger partial charge < -0.3 is 0 Å². The Hall–Kier alpha value is -7.67. The SMILES string of the molecule is N#Cc1ccc(-c2ccc3c4c(ccc(-c5cccc6c(-c7nc(-c8ccccc8)cc(-c8ccccc8)n7)c7ccccc7cc56)c24)-c2ccccc2-3)cc1. The van der Waals surface area contributed by atoms with E-state index in [4.69, 9.17) is 9.97 Å². The minimum Gasteiger partial charge on any atom is -0.228 e. The number of rotatable bonds is 5. The van der Waals surface area contributed by atoms with Crippen LogP contribution in [-0.2, 0) is 0 Å². The molecule has 3 nitrogen and oxygen atoms in total. The van der Waals surface area contributed by atoms with Crippen molar-refractivity contribution in [2.75, 3.05) is 0 Å². The van der Waals surface area contributed by atoms with Gasteiger partial charge in [-0.25, -0.2) is 9.97 Å². The Kier molecular flexibility index (Phi) is 7.23. The molecule has 1 aliphatic carbocycles. The molecule has 0 bridgehead atoms. The van der Waals surface area contributed by atoms with Crippen molar-refractivity contribution in [2.45, 2.75) is 0 Å². The first kappa shape index (κ1) is 31.8. The second-order valence-electron chi connectivity index (χ2n) is 14.4. The van der Waals surface area contributed by atoms with Crippen molar-refractivity contribution in [3.8, 4) is 84.5 Å². The maximum atomic E-state index is 9.61. The van der Waals surface area contributed by atoms with E-state index in [0.29, 0.717) is 11.4 Å². The molecule has 0 radical (unpaired) electrons. The fourth-order valence-corrected chi connectivity index (χ4v) is 8.72. The first-order valence-electron chi connectivity index (χ1n) is 18.9. The number of aromatic nitrogens is 2. The van der Waals surface area contributed by atoms with E-state index in [1.165, 1.54) is 33.0 Å². The van der Waals surface area contributed by atoms with Crippen LogP contribution < -0.4 is 0 Å². The second kappa shape index (κ2) is 12.7. The minimum absolute atomic E-state index is 0.648. The molecule has 0 spiro atoms. The van der Waals surface area contributed by atoms with E-state index < -0.39 is 0 Å². The minimum atomic E-state index is 0.648. The van der Waals surface area contributed by atoms with Crippen LogP contribution in [0, 0.1) is 11.3 Å². The number of fused-ring (bicyclic) bond motifs is 5. The molecule has 0 N–H and O–H groups in total. The van der Waals surface area contributed by atoms with Crippen LogP contribution in [0.4, 0.5) is 0 Å². The topological polar surface area (TPSA) is 49.6 Å². The maximum Gasteiger partial charge on any atom is 0.161 e. The quantitative estimate of drug-likeness (QED) is 0.167. The highest BCUT2D eigenvalue weighted by Gasteiger charge is 2.26. The Balaban J connectivity index is 1.23. The van der Waals surface area contributed by atoms with Gasteiger partial charge in [-0.05, 0) is 101 Å². The fourth-order valence-electron chi connectivity index (χ4n) is 8.72. The van der Waals surface area contributed by atoms with Crippen molar-refractivity contribution in [1.29, 1.82) is 5.26 Å². The highest BCUT2D eigenvalue weighted by Crippen LogP contribution is 2.53. The van der Waals surface area contributed by atoms with Crippen LogP contribution in [0.1, 0.15) is 5.56 Å². The summed E-state index contributed by atoms with van der Waals surface area (Å²) in [4.78, 5) is 10.7. The van der Waals surface area contributed by atoms with E-state index >= 15 is 0 Å². The molecule has 0 atom stereocenters. The normalized spacial score (nSPS) is 11.6. The number of hydrogen-bond acceptors (Lipinski definition) is 3. The van der Waals surface area contributed by atoms with Gasteiger partial charge >= 0.3 is 0 Å². The molecule has 0 saturated heterocycles. The lowest BCUT2D eigenvalue weighted by Crippen LogP contribution is -1.98. The summed E-state index contributed by atoms with van der Waals surface area (Å²) in [5.74, 6) is 0.693. The molecule has 3 heteroatoms. The summed E-state index contributed by atoms with van der Waals surface area (Å²) in [5, 5.41) is 16.5. The molecule has 0 unspecified atom stereocenters. The van der Waals surface area contributed by atoms with Gasteiger partial charge in [0.15, 0.2) is 5.82 Å². The zero-order valence-electron chi connectivity index (χ0n) is 30.2. The Bertz CT molecular complexity index is 3140. The van der Waals surface area contributed by atoms with Gasteiger partial charge in [-0.15, -0.1) is 0 Å². The summed E-state index contributed by atoms with van der Waals surface area (Å²) in [5.41, 5.74) is 15.0. The van der Waals surface area contributed by atoms with E-state index in [9.17, 15) is 5.26 Å². The molecule has 11 rings (SSSR count). The Morgan fingerprint density at radius 2 is 0.875 bits per heavy atom. The number of nitrogens with zero attached hydrogens (tertiary/aromatic N) is 3. The Morgan fingerprint density at radius 1 is 0.357 bits per heavy atom. The number of hydrogen-bond donors (Lipinski definition) is 0. The number of benzene rings is 9. The molecule has 0 fully saturated rings. The van der Waals surface area contributed by atoms with E-state index in [-0.39, 0.29) is 0 Å². The lowest BCUT2D eigenvalue weighted by Gasteiger charge is -2.18. The fraction of sp³-hybridized carbons (Fsp3) is 0. The average Bonchev–Trinajstić information content (AvgIpc) is 3.60. The van der Waals surface area contributed by atoms with E-state index in [1.807, 2.05) is 24.3 Å². The first-order chi connectivity index (χ1) is 27.7. The van der Waals surface area contributed by atoms with Gasteiger partial charge in [0.1, 0.15) is 0 Å². The predicted octanol–water partition coefficient (Wildman–Crippen LogP) is 13.8. The van der Waals surface area contributed by atoms with Gasteiger partial charge in [-0.1, -0.05) is 164 Å². The van der Waals surface area contributed by atoms with Crippen LogP contribution in [0.25, 0.3) is 111 Å². The van der Waals surface area contributed by atoms with Crippen molar-refractivity contribution in [3.05, 3.63) is 194 Å². The summed E-state index contributed by atoms with van der Waals surface area (Å²) < 4.78 is 0. The van der Waals surface area contributed by atoms with E-state index in [1.54, 1.807) is 0 Å². The third kappa shape index (κ3) is 4.98. The van der Waals surface area contributed by atoms with Crippen molar-refractivity contribution >= 4 is 32.3 Å². The molecule has 10 aromatic rings. The molecule has 1 heterocycles. The largest absolute Gasteiger partial charge is 0.228 e. The average molecular weight is 710 g/mol. The molecule has 0 amide bonds. The van der Waals surface area contributed by atoms with Gasteiger partial charge in [0.25, 0.3) is 0 Å². The molecular weight excluding hydrogens is 679 g/mol. The molecule has 56 heavy (non-hydrogen) atoms. The lowest BCUT2D eigenvalue weighted by atomic mass is 9.85. The van der Waals surface area contributed by atoms with Crippen molar-refractivity contribution in [3.63, 3.8) is 0 Å². The summed E-state index contributed by atoms with van der Waals surface area (Å²) in [6.07, 6.45) is 0. The predicted molar refractivity (Wildman–Crippen MR) is 231 cm³/mol. The first-order valence-corrected chi connectivity index (χ1v) is 18.9. The molecule has 9 aromatic carbocycles. The van der Waals surface area contributed by atoms with Gasteiger partial charge in [0, 0.05) is 16.7 Å². The van der Waals surface area contributed by atoms with Crippen molar-refractivity contribution in [2.24, 2.45) is 0 Å². The summed E-state index contributed by atoms with van der Waals surface area (Å²) >= 11 is 0. The van der Waals surface area contributed by atoms with Crippen molar-refractivity contribution in [1.82, 2.24) is 9.97 Å². The molecule has 0 saturated carbocycles. The Morgan fingerprint density at radius 3 is 1.52 bits per heavy atom. The zero-order chi connectivity index (χ0) is 37.2. The second-order valence-corrected chi connectivity index (χ2v) is 14.4. The van der Waals surface area contributed by atoms with Gasteiger partial charge in [-0.2, -0.15) is 5.26 Å². The van der Waals surface area contributed by atoms with Crippen LogP contribution in [0.2, 0.25) is 0 Å². The maximum absolute atomic E-state index is 9.61. The zero-order valence-corrected chi connectivity index (χ0v) is 30.2. The molecule has 0 aliphatic heterocycles. The smallest absolute Gasteiger partial charge is 0.161 e. The Labute approximate surface area is 324 Å². The number of nitriles is 1. The van der Waals surface area contributed by atoms with Crippen LogP contribution in [0.5, 0.6) is 0 Å². The van der Waals surface area contributed by atoms with Crippen LogP contribution in [-0.4, -0.2) is 9.97 Å². The lowest BCUT2D eigenvalue weighted by molar-refractivity contribution is 1.19. The molecule has 258 valence electrons. The summed E-state index contributed by atoms with van der Waals surface area (Å²) in [6, 6.07) is 68.5. The van der Waals surface area contributed by atoms with Crippen LogP contribution in [0.3, 0.4) is 0 Å². The highest BCUT2D eigenvalue weighted by atomic mass is 14.9. The van der Waals surface area contributed by atoms with E-state index in [2.05, 4.69) is 170 Å². The van der Waals surface area contributed by atoms with Gasteiger partial charge in [-0.3, -0.25) is 0 Å². The van der Waals surface area contributed by atoms with Crippen LogP contribution in [0.15, 0.2) is 188 Å². The van der Waals surface area contributed by atoms with Crippen LogP contribution >= 0.6 is 0 Å². The van der Waals surface area contributed by atoms with Crippen molar-refractivity contribution < 1.29 is 0 Å². The molecule has 1 aliphatic rings. The standard InChI is InChI=1S/C53H31N3/c54-32-33-22-24-34(25-23-33)39-26-27-44-40-18-9-10-19-41(40)45-28-29-46(50(39)51(44)45)42-20-11-21-43-47(42)30-37-16-7-8-17-38(37)52(43)53-55-48(35-12-3-1-4-13-35)31-49(56-53)36-14-5-2-6-15-36/h1-31H. The molecule has 1 aromatic heterocycles. The highest BCUT2D eigenvalue weighted by molar-refractivity contribution is 6.25. The summed E-state index contributed by atoms with van der Waals surface area (Å²) in [6.45, 7) is 0. The van der Waals surface area contributed by atoms with Gasteiger partial charge in [0.2, 0.25) is 0 Å². The third-order valence-electron chi connectivity index (χ3n) is 11.3. The third-order valence-corrected chi connectivity index (χ3v) is 11.3.